The van der Waals surface area contributed by atoms with E-state index in [2.05, 4.69) is 9.99 Å². The van der Waals surface area contributed by atoms with Crippen LogP contribution in [0.25, 0.3) is 0 Å². The summed E-state index contributed by atoms with van der Waals surface area (Å²) in [6, 6.07) is -0.0613. The highest BCUT2D eigenvalue weighted by Crippen LogP contribution is 1.87. The normalized spacial score (nSPS) is 27.3. The fourth-order valence-electron chi connectivity index (χ4n) is 0.316. The second kappa shape index (κ2) is 1.75. The maximum atomic E-state index is 5.32. The molecule has 1 aliphatic rings. The van der Waals surface area contributed by atoms with E-state index in [1.165, 1.54) is 12.5 Å². The van der Waals surface area contributed by atoms with Gasteiger partial charge in [0.1, 0.15) is 6.26 Å². The zero-order valence-electron chi connectivity index (χ0n) is 3.74. The van der Waals surface area contributed by atoms with Crippen molar-refractivity contribution in [3.05, 3.63) is 12.3 Å². The lowest BCUT2D eigenvalue weighted by Crippen LogP contribution is -2.19. The zero-order valence-corrected chi connectivity index (χ0v) is 3.74. The van der Waals surface area contributed by atoms with E-state index in [1.54, 1.807) is 6.08 Å². The van der Waals surface area contributed by atoms with Gasteiger partial charge in [-0.15, -0.1) is 0 Å². The van der Waals surface area contributed by atoms with Gasteiger partial charge in [0.15, 0.2) is 0 Å². The standard InChI is InChI=1S/C4H6N2O/c5-4-1-2-7-6-3-4/h1-4H,5H2. The Bertz CT molecular complexity index is 96.3. The van der Waals surface area contributed by atoms with Crippen molar-refractivity contribution in [2.24, 2.45) is 10.9 Å². The van der Waals surface area contributed by atoms with Crippen molar-refractivity contribution < 1.29 is 4.84 Å². The third-order valence-electron chi connectivity index (χ3n) is 0.655. The van der Waals surface area contributed by atoms with Crippen LogP contribution in [0.3, 0.4) is 0 Å². The predicted octanol–water partition coefficient (Wildman–Crippen LogP) is -0.157. The Labute approximate surface area is 41.4 Å². The molecule has 0 saturated heterocycles. The molecular weight excluding hydrogens is 92.1 g/mol. The Morgan fingerprint density at radius 2 is 2.57 bits per heavy atom. The van der Waals surface area contributed by atoms with E-state index in [-0.39, 0.29) is 6.04 Å². The van der Waals surface area contributed by atoms with Crippen LogP contribution < -0.4 is 5.73 Å². The van der Waals surface area contributed by atoms with Crippen molar-refractivity contribution in [3.8, 4) is 0 Å². The van der Waals surface area contributed by atoms with Gasteiger partial charge in [-0.3, -0.25) is 0 Å². The number of oxime groups is 1. The van der Waals surface area contributed by atoms with Gasteiger partial charge in [-0.2, -0.15) is 0 Å². The summed E-state index contributed by atoms with van der Waals surface area (Å²) in [5.41, 5.74) is 5.32. The molecule has 0 aromatic rings. The van der Waals surface area contributed by atoms with Gasteiger partial charge in [0, 0.05) is 0 Å². The van der Waals surface area contributed by atoms with Crippen LogP contribution in [-0.4, -0.2) is 12.3 Å². The van der Waals surface area contributed by atoms with Crippen LogP contribution >= 0.6 is 0 Å². The fourth-order valence-corrected chi connectivity index (χ4v) is 0.316. The highest BCUT2D eigenvalue weighted by atomic mass is 16.6. The van der Waals surface area contributed by atoms with E-state index < -0.39 is 0 Å². The van der Waals surface area contributed by atoms with E-state index >= 15 is 0 Å². The Morgan fingerprint density at radius 1 is 1.71 bits per heavy atom. The van der Waals surface area contributed by atoms with Gasteiger partial charge in [0.2, 0.25) is 0 Å². The predicted molar refractivity (Wildman–Crippen MR) is 26.7 cm³/mol. The number of hydrogen-bond donors (Lipinski definition) is 1. The summed E-state index contributed by atoms with van der Waals surface area (Å²) in [4.78, 5) is 4.45. The van der Waals surface area contributed by atoms with Gasteiger partial charge in [0.05, 0.1) is 12.3 Å². The molecule has 0 aromatic heterocycles. The fraction of sp³-hybridized carbons (Fsp3) is 0.250. The average Bonchev–Trinajstić information content (AvgIpc) is 1.69. The highest BCUT2D eigenvalue weighted by Gasteiger charge is 1.93. The minimum absolute atomic E-state index is 0.0613. The molecule has 7 heavy (non-hydrogen) atoms. The van der Waals surface area contributed by atoms with Crippen LogP contribution in [0.15, 0.2) is 17.5 Å². The van der Waals surface area contributed by atoms with E-state index in [1.807, 2.05) is 0 Å². The first-order valence-corrected chi connectivity index (χ1v) is 2.01. The van der Waals surface area contributed by atoms with E-state index in [0.29, 0.717) is 0 Å². The molecule has 2 N–H and O–H groups in total. The quantitative estimate of drug-likeness (QED) is 0.457. The lowest BCUT2D eigenvalue weighted by Gasteiger charge is -1.99. The molecule has 0 saturated carbocycles. The molecule has 0 aliphatic carbocycles. The largest absolute Gasteiger partial charge is 0.365 e. The lowest BCUT2D eigenvalue weighted by atomic mass is 10.3. The van der Waals surface area contributed by atoms with E-state index in [0.717, 1.165) is 0 Å². The molecule has 1 unspecified atom stereocenters. The average molecular weight is 98.1 g/mol. The summed E-state index contributed by atoms with van der Waals surface area (Å²) in [5, 5.41) is 3.42. The Balaban J connectivity index is 2.49. The third-order valence-corrected chi connectivity index (χ3v) is 0.655. The number of nitrogens with zero attached hydrogens (tertiary/aromatic N) is 1. The summed E-state index contributed by atoms with van der Waals surface area (Å²) >= 11 is 0. The number of rotatable bonds is 0. The molecule has 38 valence electrons. The summed E-state index contributed by atoms with van der Waals surface area (Å²) in [7, 11) is 0. The number of hydrogen-bond acceptors (Lipinski definition) is 3. The maximum Gasteiger partial charge on any atom is 0.120 e. The Morgan fingerprint density at radius 3 is 2.86 bits per heavy atom. The molecular formula is C4H6N2O. The minimum atomic E-state index is -0.0613. The Hall–Kier alpha value is -0.830. The van der Waals surface area contributed by atoms with Gasteiger partial charge in [-0.05, 0) is 6.08 Å². The summed E-state index contributed by atoms with van der Waals surface area (Å²) in [5.74, 6) is 0. The van der Waals surface area contributed by atoms with Crippen molar-refractivity contribution in [3.63, 3.8) is 0 Å². The van der Waals surface area contributed by atoms with Gasteiger partial charge >= 0.3 is 0 Å². The van der Waals surface area contributed by atoms with Crippen LogP contribution in [0.2, 0.25) is 0 Å². The van der Waals surface area contributed by atoms with Gasteiger partial charge in [-0.1, -0.05) is 5.16 Å². The second-order valence-electron chi connectivity index (χ2n) is 1.27. The molecule has 0 fully saturated rings. The zero-order chi connectivity index (χ0) is 5.11. The maximum absolute atomic E-state index is 5.32. The molecule has 1 atom stereocenters. The molecule has 0 bridgehead atoms. The van der Waals surface area contributed by atoms with Crippen LogP contribution in [0.5, 0.6) is 0 Å². The second-order valence-corrected chi connectivity index (χ2v) is 1.27. The third kappa shape index (κ3) is 1.01. The molecule has 0 aromatic carbocycles. The smallest absolute Gasteiger partial charge is 0.120 e. The molecule has 3 heteroatoms. The first kappa shape index (κ1) is 4.33. The molecule has 1 aliphatic heterocycles. The van der Waals surface area contributed by atoms with Crippen molar-refractivity contribution in [2.75, 3.05) is 0 Å². The summed E-state index contributed by atoms with van der Waals surface area (Å²) in [6.07, 6.45) is 4.71. The highest BCUT2D eigenvalue weighted by molar-refractivity contribution is 5.66. The topological polar surface area (TPSA) is 47.6 Å². The molecule has 0 radical (unpaired) electrons. The van der Waals surface area contributed by atoms with E-state index in [4.69, 9.17) is 5.73 Å². The molecule has 1 rings (SSSR count). The van der Waals surface area contributed by atoms with Gasteiger partial charge in [-0.25, -0.2) is 0 Å². The SMILES string of the molecule is NC1C=CON=C1. The van der Waals surface area contributed by atoms with Gasteiger partial charge in [0.25, 0.3) is 0 Å². The van der Waals surface area contributed by atoms with Crippen molar-refractivity contribution in [2.45, 2.75) is 6.04 Å². The number of nitrogens with two attached hydrogens (primary N) is 1. The minimum Gasteiger partial charge on any atom is -0.365 e. The lowest BCUT2D eigenvalue weighted by molar-refractivity contribution is 0.263. The molecule has 0 spiro atoms. The molecule has 1 heterocycles. The van der Waals surface area contributed by atoms with Crippen LogP contribution in [-0.2, 0) is 4.84 Å². The van der Waals surface area contributed by atoms with E-state index in [9.17, 15) is 0 Å². The van der Waals surface area contributed by atoms with Crippen LogP contribution in [0.1, 0.15) is 0 Å². The van der Waals surface area contributed by atoms with Crippen LogP contribution in [0.4, 0.5) is 0 Å². The summed E-state index contributed by atoms with van der Waals surface area (Å²) < 4.78 is 0. The molecule has 3 nitrogen and oxygen atoms in total. The van der Waals surface area contributed by atoms with Crippen molar-refractivity contribution in [1.82, 2.24) is 0 Å². The van der Waals surface area contributed by atoms with Crippen molar-refractivity contribution >= 4 is 6.21 Å². The monoisotopic (exact) mass is 98.0 g/mol. The first-order chi connectivity index (χ1) is 3.39. The summed E-state index contributed by atoms with van der Waals surface area (Å²) in [6.45, 7) is 0. The first-order valence-electron chi connectivity index (χ1n) is 2.01. The molecule has 0 amide bonds. The van der Waals surface area contributed by atoms with Gasteiger partial charge < -0.3 is 10.6 Å². The van der Waals surface area contributed by atoms with Crippen LogP contribution in [0, 0.1) is 0 Å². The van der Waals surface area contributed by atoms with Crippen molar-refractivity contribution in [1.29, 1.82) is 0 Å². The Kier molecular flexibility index (Phi) is 1.08.